The lowest BCUT2D eigenvalue weighted by Crippen LogP contribution is -2.52. The summed E-state index contributed by atoms with van der Waals surface area (Å²) in [6.07, 6.45) is 0.640. The van der Waals surface area contributed by atoms with Crippen LogP contribution >= 0.6 is 0 Å². The third-order valence-corrected chi connectivity index (χ3v) is 3.30. The molecule has 1 saturated heterocycles. The molecule has 1 aliphatic rings. The van der Waals surface area contributed by atoms with Crippen LogP contribution in [0.3, 0.4) is 0 Å². The Bertz CT molecular complexity index is 522. The van der Waals surface area contributed by atoms with Gasteiger partial charge in [-0.3, -0.25) is 19.7 Å². The summed E-state index contributed by atoms with van der Waals surface area (Å²) in [4.78, 5) is 36.4. The van der Waals surface area contributed by atoms with Crippen LogP contribution in [0.1, 0.15) is 28.8 Å². The van der Waals surface area contributed by atoms with E-state index in [-0.39, 0.29) is 18.2 Å². The number of rotatable bonds is 2. The van der Waals surface area contributed by atoms with Gasteiger partial charge in [0.1, 0.15) is 6.04 Å². The van der Waals surface area contributed by atoms with Crippen molar-refractivity contribution in [2.45, 2.75) is 25.8 Å². The molecular formula is C14H16N2O3. The quantitative estimate of drug-likeness (QED) is 0.802. The number of amides is 3. The highest BCUT2D eigenvalue weighted by atomic mass is 16.2. The van der Waals surface area contributed by atoms with Gasteiger partial charge in [0.2, 0.25) is 11.8 Å². The van der Waals surface area contributed by atoms with Crippen LogP contribution in [-0.2, 0) is 9.59 Å². The van der Waals surface area contributed by atoms with Gasteiger partial charge in [-0.05, 0) is 25.5 Å². The molecule has 1 aliphatic heterocycles. The molecule has 19 heavy (non-hydrogen) atoms. The normalized spacial score (nSPS) is 18.9. The minimum absolute atomic E-state index is 0.213. The molecule has 5 heteroatoms. The molecule has 0 aliphatic carbocycles. The largest absolute Gasteiger partial charge is 0.330 e. The van der Waals surface area contributed by atoms with Crippen molar-refractivity contribution in [3.8, 4) is 0 Å². The van der Waals surface area contributed by atoms with Crippen LogP contribution in [0.5, 0.6) is 0 Å². The third kappa shape index (κ3) is 2.81. The van der Waals surface area contributed by atoms with Crippen molar-refractivity contribution in [2.24, 2.45) is 0 Å². The second-order valence-electron chi connectivity index (χ2n) is 4.75. The maximum absolute atomic E-state index is 12.2. The lowest BCUT2D eigenvalue weighted by molar-refractivity contribution is -0.136. The summed E-state index contributed by atoms with van der Waals surface area (Å²) in [6.45, 7) is 1.94. The van der Waals surface area contributed by atoms with E-state index in [1.165, 1.54) is 4.90 Å². The standard InChI is InChI=1S/C14H16N2O3/c1-9-3-5-10(6-4-9)14(19)16(2)11-7-8-12(17)15-13(11)18/h3-6,11H,7-8H2,1-2H3,(H,15,17,18). The van der Waals surface area contributed by atoms with Gasteiger partial charge in [-0.1, -0.05) is 17.7 Å². The third-order valence-electron chi connectivity index (χ3n) is 3.30. The highest BCUT2D eigenvalue weighted by Crippen LogP contribution is 2.14. The second-order valence-corrected chi connectivity index (χ2v) is 4.75. The lowest BCUT2D eigenvalue weighted by Gasteiger charge is -2.29. The predicted molar refractivity (Wildman–Crippen MR) is 69.4 cm³/mol. The smallest absolute Gasteiger partial charge is 0.254 e. The van der Waals surface area contributed by atoms with E-state index in [0.717, 1.165) is 5.56 Å². The Balaban J connectivity index is 2.13. The Morgan fingerprint density at radius 2 is 1.89 bits per heavy atom. The summed E-state index contributed by atoms with van der Waals surface area (Å²) in [5.41, 5.74) is 1.61. The molecule has 0 radical (unpaired) electrons. The number of carbonyl (C=O) groups excluding carboxylic acids is 3. The van der Waals surface area contributed by atoms with Crippen molar-refractivity contribution < 1.29 is 14.4 Å². The van der Waals surface area contributed by atoms with E-state index in [9.17, 15) is 14.4 Å². The molecule has 1 unspecified atom stereocenters. The second kappa shape index (κ2) is 5.22. The fourth-order valence-corrected chi connectivity index (χ4v) is 2.09. The summed E-state index contributed by atoms with van der Waals surface area (Å²) in [5, 5.41) is 2.25. The first kappa shape index (κ1) is 13.3. The molecule has 3 amide bonds. The zero-order valence-corrected chi connectivity index (χ0v) is 11.0. The Kier molecular flexibility index (Phi) is 3.64. The number of imide groups is 1. The van der Waals surface area contributed by atoms with E-state index in [4.69, 9.17) is 0 Å². The molecule has 0 spiro atoms. The van der Waals surface area contributed by atoms with Crippen LogP contribution in [0.2, 0.25) is 0 Å². The summed E-state index contributed by atoms with van der Waals surface area (Å²) >= 11 is 0. The number of piperidine rings is 1. The Morgan fingerprint density at radius 1 is 1.26 bits per heavy atom. The molecule has 100 valence electrons. The first-order valence-corrected chi connectivity index (χ1v) is 6.16. The van der Waals surface area contributed by atoms with Gasteiger partial charge in [-0.2, -0.15) is 0 Å². The van der Waals surface area contributed by atoms with Gasteiger partial charge >= 0.3 is 0 Å². The highest BCUT2D eigenvalue weighted by Gasteiger charge is 2.32. The SMILES string of the molecule is Cc1ccc(C(=O)N(C)C2CCC(=O)NC2=O)cc1. The van der Waals surface area contributed by atoms with Crippen molar-refractivity contribution >= 4 is 17.7 Å². The summed E-state index contributed by atoms with van der Waals surface area (Å²) in [5.74, 6) is -0.897. The van der Waals surface area contributed by atoms with Gasteiger partial charge < -0.3 is 4.90 Å². The number of benzene rings is 1. The fraction of sp³-hybridized carbons (Fsp3) is 0.357. The van der Waals surface area contributed by atoms with Crippen LogP contribution in [0.4, 0.5) is 0 Å². The van der Waals surface area contributed by atoms with Crippen LogP contribution in [0, 0.1) is 6.92 Å². The highest BCUT2D eigenvalue weighted by molar-refractivity contribution is 6.03. The number of nitrogens with one attached hydrogen (secondary N) is 1. The van der Waals surface area contributed by atoms with Crippen LogP contribution in [0.15, 0.2) is 24.3 Å². The monoisotopic (exact) mass is 260 g/mol. The maximum atomic E-state index is 12.2. The molecule has 5 nitrogen and oxygen atoms in total. The average molecular weight is 260 g/mol. The predicted octanol–water partition coefficient (Wildman–Crippen LogP) is 0.872. The Labute approximate surface area is 111 Å². The molecule has 0 aromatic heterocycles. The van der Waals surface area contributed by atoms with Gasteiger partial charge in [0, 0.05) is 19.0 Å². The average Bonchev–Trinajstić information content (AvgIpc) is 2.38. The van der Waals surface area contributed by atoms with Crippen LogP contribution in [-0.4, -0.2) is 35.7 Å². The topological polar surface area (TPSA) is 66.5 Å². The van der Waals surface area contributed by atoms with E-state index in [1.54, 1.807) is 19.2 Å². The van der Waals surface area contributed by atoms with E-state index in [1.807, 2.05) is 19.1 Å². The molecule has 0 saturated carbocycles. The molecule has 1 heterocycles. The molecule has 1 N–H and O–H groups in total. The van der Waals surface area contributed by atoms with Crippen molar-refractivity contribution in [1.82, 2.24) is 10.2 Å². The summed E-state index contributed by atoms with van der Waals surface area (Å²) < 4.78 is 0. The first-order valence-electron chi connectivity index (χ1n) is 6.16. The van der Waals surface area contributed by atoms with Gasteiger partial charge in [0.25, 0.3) is 5.91 Å². The molecule has 1 aromatic carbocycles. The lowest BCUT2D eigenvalue weighted by atomic mass is 10.0. The van der Waals surface area contributed by atoms with Crippen LogP contribution < -0.4 is 5.32 Å². The molecule has 1 atom stereocenters. The van der Waals surface area contributed by atoms with Crippen LogP contribution in [0.25, 0.3) is 0 Å². The van der Waals surface area contributed by atoms with E-state index >= 15 is 0 Å². The maximum Gasteiger partial charge on any atom is 0.254 e. The summed E-state index contributed by atoms with van der Waals surface area (Å²) in [7, 11) is 1.59. The molecular weight excluding hydrogens is 244 g/mol. The van der Waals surface area contributed by atoms with Crippen molar-refractivity contribution in [2.75, 3.05) is 7.05 Å². The zero-order chi connectivity index (χ0) is 14.0. The number of hydrogen-bond donors (Lipinski definition) is 1. The van der Waals surface area contributed by atoms with Crippen molar-refractivity contribution in [1.29, 1.82) is 0 Å². The number of carbonyl (C=O) groups is 3. The number of hydrogen-bond acceptors (Lipinski definition) is 3. The Morgan fingerprint density at radius 3 is 2.47 bits per heavy atom. The van der Waals surface area contributed by atoms with E-state index in [0.29, 0.717) is 12.0 Å². The number of aryl methyl sites for hydroxylation is 1. The number of likely N-dealkylation sites (N-methyl/N-ethyl adjacent to an activating group) is 1. The molecule has 1 fully saturated rings. The molecule has 0 bridgehead atoms. The molecule has 2 rings (SSSR count). The van der Waals surface area contributed by atoms with E-state index in [2.05, 4.69) is 5.32 Å². The zero-order valence-electron chi connectivity index (χ0n) is 11.0. The van der Waals surface area contributed by atoms with E-state index < -0.39 is 11.9 Å². The van der Waals surface area contributed by atoms with Crippen molar-refractivity contribution in [3.63, 3.8) is 0 Å². The van der Waals surface area contributed by atoms with Gasteiger partial charge in [0.05, 0.1) is 0 Å². The number of nitrogens with zero attached hydrogens (tertiary/aromatic N) is 1. The minimum Gasteiger partial charge on any atom is -0.330 e. The Hall–Kier alpha value is -2.17. The van der Waals surface area contributed by atoms with Crippen molar-refractivity contribution in [3.05, 3.63) is 35.4 Å². The van der Waals surface area contributed by atoms with Gasteiger partial charge in [-0.15, -0.1) is 0 Å². The summed E-state index contributed by atoms with van der Waals surface area (Å²) in [6, 6.07) is 6.60. The fourth-order valence-electron chi connectivity index (χ4n) is 2.09. The van der Waals surface area contributed by atoms with Gasteiger partial charge in [0.15, 0.2) is 0 Å². The molecule has 1 aromatic rings. The minimum atomic E-state index is -0.577. The first-order chi connectivity index (χ1) is 8.99. The van der Waals surface area contributed by atoms with Gasteiger partial charge in [-0.25, -0.2) is 0 Å².